The lowest BCUT2D eigenvalue weighted by Crippen LogP contribution is -2.57. The quantitative estimate of drug-likeness (QED) is 0.557. The maximum Gasteiger partial charge on any atom is 0.139 e. The molecule has 0 radical (unpaired) electrons. The first-order valence-corrected chi connectivity index (χ1v) is 5.68. The van der Waals surface area contributed by atoms with E-state index in [9.17, 15) is 4.79 Å². The van der Waals surface area contributed by atoms with Crippen LogP contribution in [0.2, 0.25) is 0 Å². The van der Waals surface area contributed by atoms with Crippen molar-refractivity contribution in [1.82, 2.24) is 0 Å². The van der Waals surface area contributed by atoms with Crippen LogP contribution in [-0.4, -0.2) is 5.78 Å². The van der Waals surface area contributed by atoms with Gasteiger partial charge in [0.25, 0.3) is 0 Å². The van der Waals surface area contributed by atoms with Gasteiger partial charge < -0.3 is 0 Å². The third-order valence-electron chi connectivity index (χ3n) is 5.01. The van der Waals surface area contributed by atoms with E-state index >= 15 is 0 Å². The molecule has 3 aliphatic carbocycles. The minimum absolute atomic E-state index is 0.200. The second-order valence-electron chi connectivity index (χ2n) is 5.86. The molecule has 3 atom stereocenters. The number of Topliss-reactive ketones (excluding diaryl/α,β-unsaturated/α-hetero) is 1. The van der Waals surface area contributed by atoms with Gasteiger partial charge in [0, 0.05) is 11.8 Å². The van der Waals surface area contributed by atoms with Gasteiger partial charge in [-0.05, 0) is 43.4 Å². The third-order valence-corrected chi connectivity index (χ3v) is 5.01. The van der Waals surface area contributed by atoms with Gasteiger partial charge in [-0.1, -0.05) is 13.3 Å². The Balaban J connectivity index is 1.96. The summed E-state index contributed by atoms with van der Waals surface area (Å²) in [5.74, 6) is 1.39. The summed E-state index contributed by atoms with van der Waals surface area (Å²) in [5.41, 5.74) is 0.732. The lowest BCUT2D eigenvalue weighted by Gasteiger charge is -2.59. The van der Waals surface area contributed by atoms with Crippen LogP contribution in [0.25, 0.3) is 0 Å². The zero-order valence-electron chi connectivity index (χ0n) is 8.44. The summed E-state index contributed by atoms with van der Waals surface area (Å²) in [6, 6.07) is 0. The van der Waals surface area contributed by atoms with E-state index in [2.05, 4.69) is 6.92 Å². The second-order valence-corrected chi connectivity index (χ2v) is 5.86. The number of hydrogen-bond donors (Lipinski definition) is 0. The number of carbonyl (C=O) groups is 1. The van der Waals surface area contributed by atoms with E-state index in [1.807, 2.05) is 0 Å². The van der Waals surface area contributed by atoms with Crippen molar-refractivity contribution in [3.63, 3.8) is 0 Å². The van der Waals surface area contributed by atoms with Gasteiger partial charge in [0.05, 0.1) is 0 Å². The molecule has 0 aromatic heterocycles. The molecule has 0 aliphatic heterocycles. The van der Waals surface area contributed by atoms with Gasteiger partial charge in [-0.25, -0.2) is 0 Å². The number of fused-ring (bicyclic) bond motifs is 1. The first-order valence-electron chi connectivity index (χ1n) is 5.68. The summed E-state index contributed by atoms with van der Waals surface area (Å²) < 4.78 is 0. The Morgan fingerprint density at radius 3 is 2.85 bits per heavy atom. The highest BCUT2D eigenvalue weighted by molar-refractivity contribution is 5.91. The molecule has 0 aromatic carbocycles. The van der Waals surface area contributed by atoms with Gasteiger partial charge in [-0.15, -0.1) is 0 Å². The van der Waals surface area contributed by atoms with Crippen molar-refractivity contribution in [1.29, 1.82) is 0 Å². The van der Waals surface area contributed by atoms with Gasteiger partial charge in [0.2, 0.25) is 0 Å². The molecule has 13 heavy (non-hydrogen) atoms. The topological polar surface area (TPSA) is 17.1 Å². The summed E-state index contributed by atoms with van der Waals surface area (Å²) >= 11 is 0. The molecule has 1 nitrogen and oxygen atoms in total. The molecule has 0 saturated heterocycles. The van der Waals surface area contributed by atoms with Gasteiger partial charge in [0.15, 0.2) is 0 Å². The highest BCUT2D eigenvalue weighted by Gasteiger charge is 2.60. The number of hydrogen-bond acceptors (Lipinski definition) is 1. The minimum atomic E-state index is 0.200. The second kappa shape index (κ2) is 2.18. The fourth-order valence-corrected chi connectivity index (χ4v) is 4.19. The van der Waals surface area contributed by atoms with Gasteiger partial charge in [-0.3, -0.25) is 4.79 Å². The predicted molar refractivity (Wildman–Crippen MR) is 51.4 cm³/mol. The molecule has 3 aliphatic rings. The summed E-state index contributed by atoms with van der Waals surface area (Å²) in [6.45, 7) is 2.40. The van der Waals surface area contributed by atoms with E-state index in [0.29, 0.717) is 11.2 Å². The van der Waals surface area contributed by atoms with Crippen molar-refractivity contribution in [2.75, 3.05) is 0 Å². The molecule has 3 fully saturated rings. The van der Waals surface area contributed by atoms with Crippen LogP contribution < -0.4 is 0 Å². The minimum Gasteiger partial charge on any atom is -0.299 e. The smallest absolute Gasteiger partial charge is 0.139 e. The molecular weight excluding hydrogens is 160 g/mol. The number of rotatable bonds is 0. The van der Waals surface area contributed by atoms with E-state index in [0.717, 1.165) is 12.3 Å². The lowest BCUT2D eigenvalue weighted by molar-refractivity contribution is -0.164. The Hall–Kier alpha value is -0.330. The Morgan fingerprint density at radius 1 is 1.31 bits per heavy atom. The maximum absolute atomic E-state index is 11.7. The van der Waals surface area contributed by atoms with E-state index in [4.69, 9.17) is 0 Å². The maximum atomic E-state index is 11.7. The normalized spacial score (nSPS) is 53.9. The molecule has 0 aromatic rings. The van der Waals surface area contributed by atoms with Crippen molar-refractivity contribution in [3.8, 4) is 0 Å². The summed E-state index contributed by atoms with van der Waals surface area (Å²) in [5, 5.41) is 0. The average molecular weight is 178 g/mol. The Labute approximate surface area is 79.9 Å². The largest absolute Gasteiger partial charge is 0.299 e. The number of ketones is 1. The van der Waals surface area contributed by atoms with Crippen molar-refractivity contribution in [3.05, 3.63) is 0 Å². The molecule has 1 heteroatoms. The molecule has 3 rings (SSSR count). The zero-order chi connectivity index (χ0) is 9.10. The molecule has 0 unspecified atom stereocenters. The average Bonchev–Trinajstić information content (AvgIpc) is 2.10. The number of carbonyl (C=O) groups excluding carboxylic acids is 1. The van der Waals surface area contributed by atoms with Crippen LogP contribution in [0, 0.1) is 16.7 Å². The highest BCUT2D eigenvalue weighted by Crippen LogP contribution is 2.64. The third kappa shape index (κ3) is 0.858. The van der Waals surface area contributed by atoms with Crippen LogP contribution in [0.4, 0.5) is 0 Å². The molecular formula is C12H18O. The fraction of sp³-hybridized carbons (Fsp3) is 0.917. The van der Waals surface area contributed by atoms with E-state index < -0.39 is 0 Å². The molecule has 2 bridgehead atoms. The van der Waals surface area contributed by atoms with Gasteiger partial charge >= 0.3 is 0 Å². The van der Waals surface area contributed by atoms with Crippen molar-refractivity contribution >= 4 is 5.78 Å². The van der Waals surface area contributed by atoms with Crippen molar-refractivity contribution < 1.29 is 4.79 Å². The Kier molecular flexibility index (Phi) is 1.35. The van der Waals surface area contributed by atoms with Crippen LogP contribution in [0.3, 0.4) is 0 Å². The summed E-state index contributed by atoms with van der Waals surface area (Å²) in [7, 11) is 0. The molecule has 0 amide bonds. The van der Waals surface area contributed by atoms with Crippen LogP contribution in [0.15, 0.2) is 0 Å². The highest BCUT2D eigenvalue weighted by atomic mass is 16.1. The van der Waals surface area contributed by atoms with Crippen LogP contribution in [0.1, 0.15) is 51.9 Å². The molecule has 3 saturated carbocycles. The lowest BCUT2D eigenvalue weighted by atomic mass is 9.43. The predicted octanol–water partition coefficient (Wildman–Crippen LogP) is 2.94. The van der Waals surface area contributed by atoms with E-state index in [1.165, 1.54) is 38.5 Å². The monoisotopic (exact) mass is 178 g/mol. The van der Waals surface area contributed by atoms with Crippen LogP contribution in [-0.2, 0) is 4.79 Å². The molecule has 1 spiro atoms. The SMILES string of the molecule is C[C@@]12CCC[C@]3(C1)C(=O)C[C@H]3CC2. The Morgan fingerprint density at radius 2 is 2.15 bits per heavy atom. The van der Waals surface area contributed by atoms with Gasteiger partial charge in [0.1, 0.15) is 5.78 Å². The summed E-state index contributed by atoms with van der Waals surface area (Å²) in [6.07, 6.45) is 8.74. The van der Waals surface area contributed by atoms with Crippen molar-refractivity contribution in [2.24, 2.45) is 16.7 Å². The van der Waals surface area contributed by atoms with E-state index in [1.54, 1.807) is 0 Å². The first kappa shape index (κ1) is 8.02. The van der Waals surface area contributed by atoms with E-state index in [-0.39, 0.29) is 5.41 Å². The van der Waals surface area contributed by atoms with Crippen LogP contribution in [0.5, 0.6) is 0 Å². The Bertz CT molecular complexity index is 270. The molecule has 0 N–H and O–H groups in total. The first-order chi connectivity index (χ1) is 6.15. The van der Waals surface area contributed by atoms with Gasteiger partial charge in [-0.2, -0.15) is 0 Å². The zero-order valence-corrected chi connectivity index (χ0v) is 8.44. The summed E-state index contributed by atoms with van der Waals surface area (Å²) in [4.78, 5) is 11.7. The van der Waals surface area contributed by atoms with Crippen LogP contribution >= 0.6 is 0 Å². The van der Waals surface area contributed by atoms with Crippen molar-refractivity contribution in [2.45, 2.75) is 51.9 Å². The fourth-order valence-electron chi connectivity index (χ4n) is 4.19. The molecule has 72 valence electrons. The molecule has 0 heterocycles. The standard InChI is InChI=1S/C12H18O/c1-11-4-2-5-12(8-11)9(3-6-11)7-10(12)13/h9H,2-8H2,1H3/t9-,11+,12-/m1/s1.